The standard InChI is InChI=1S/C19H28O4SSi/c1-7-15-17(23-25(5,6)19(2,3)4)13-16(20)18(15)24(21,22)14-11-9-8-10-12-14/h7-12,15,17-18H,1,13H2,2-6H3/t15-,17+,18+/m1/s1. The molecule has 138 valence electrons. The molecule has 0 spiro atoms. The van der Waals surface area contributed by atoms with E-state index in [2.05, 4.69) is 40.4 Å². The van der Waals surface area contributed by atoms with Crippen molar-refractivity contribution in [3.8, 4) is 0 Å². The van der Waals surface area contributed by atoms with Crippen molar-refractivity contribution in [2.75, 3.05) is 0 Å². The first-order valence-corrected chi connectivity index (χ1v) is 13.0. The van der Waals surface area contributed by atoms with E-state index in [1.165, 1.54) is 12.1 Å². The molecule has 6 heteroatoms. The van der Waals surface area contributed by atoms with Gasteiger partial charge < -0.3 is 4.43 Å². The summed E-state index contributed by atoms with van der Waals surface area (Å²) in [7, 11) is -5.88. The first kappa shape index (κ1) is 20.1. The Morgan fingerprint density at radius 3 is 2.24 bits per heavy atom. The van der Waals surface area contributed by atoms with Crippen molar-refractivity contribution in [2.45, 2.75) is 61.6 Å². The van der Waals surface area contributed by atoms with Gasteiger partial charge in [0.2, 0.25) is 0 Å². The van der Waals surface area contributed by atoms with Gasteiger partial charge in [0.05, 0.1) is 11.0 Å². The molecule has 0 N–H and O–H groups in total. The minimum absolute atomic E-state index is 0.0157. The topological polar surface area (TPSA) is 60.4 Å². The molecule has 0 aliphatic heterocycles. The van der Waals surface area contributed by atoms with Crippen LogP contribution in [0.15, 0.2) is 47.9 Å². The molecule has 25 heavy (non-hydrogen) atoms. The molecule has 0 bridgehead atoms. The number of sulfone groups is 1. The Kier molecular flexibility index (Phi) is 5.47. The molecule has 0 amide bonds. The van der Waals surface area contributed by atoms with E-state index in [0.717, 1.165) is 0 Å². The van der Waals surface area contributed by atoms with E-state index < -0.39 is 35.4 Å². The molecule has 1 saturated carbocycles. The lowest BCUT2D eigenvalue weighted by Gasteiger charge is -2.39. The quantitative estimate of drug-likeness (QED) is 0.572. The third-order valence-corrected chi connectivity index (χ3v) is 12.1. The van der Waals surface area contributed by atoms with Crippen LogP contribution in [0.2, 0.25) is 18.1 Å². The van der Waals surface area contributed by atoms with E-state index in [0.29, 0.717) is 0 Å². The molecule has 0 saturated heterocycles. The molecule has 4 nitrogen and oxygen atoms in total. The smallest absolute Gasteiger partial charge is 0.192 e. The summed E-state index contributed by atoms with van der Waals surface area (Å²) in [6.07, 6.45) is 1.28. The van der Waals surface area contributed by atoms with E-state index >= 15 is 0 Å². The van der Waals surface area contributed by atoms with Crippen LogP contribution in [0.4, 0.5) is 0 Å². The van der Waals surface area contributed by atoms with E-state index in [1.54, 1.807) is 24.3 Å². The summed E-state index contributed by atoms with van der Waals surface area (Å²) in [5, 5.41) is -1.12. The van der Waals surface area contributed by atoms with Crippen molar-refractivity contribution in [2.24, 2.45) is 5.92 Å². The molecule has 0 aromatic heterocycles. The van der Waals surface area contributed by atoms with Crippen molar-refractivity contribution in [1.29, 1.82) is 0 Å². The van der Waals surface area contributed by atoms with Crippen LogP contribution in [0, 0.1) is 5.92 Å². The molecule has 1 aromatic carbocycles. The van der Waals surface area contributed by atoms with Gasteiger partial charge in [-0.1, -0.05) is 45.0 Å². The minimum Gasteiger partial charge on any atom is -0.413 e. The normalized spacial score (nSPS) is 25.2. The zero-order valence-corrected chi connectivity index (χ0v) is 17.5. The molecule has 0 heterocycles. The molecule has 0 unspecified atom stereocenters. The fourth-order valence-corrected chi connectivity index (χ4v) is 6.27. The van der Waals surface area contributed by atoms with Crippen molar-refractivity contribution in [3.63, 3.8) is 0 Å². The van der Waals surface area contributed by atoms with Crippen LogP contribution in [0.5, 0.6) is 0 Å². The molecule has 1 aliphatic rings. The Labute approximate surface area is 152 Å². The average molecular weight is 381 g/mol. The Hall–Kier alpha value is -1.24. The zero-order chi connectivity index (χ0) is 19.0. The van der Waals surface area contributed by atoms with E-state index in [4.69, 9.17) is 4.43 Å². The van der Waals surface area contributed by atoms with Crippen molar-refractivity contribution in [3.05, 3.63) is 43.0 Å². The predicted molar refractivity (Wildman–Crippen MR) is 103 cm³/mol. The number of hydrogen-bond acceptors (Lipinski definition) is 4. The summed E-state index contributed by atoms with van der Waals surface area (Å²) >= 11 is 0. The van der Waals surface area contributed by atoms with Gasteiger partial charge in [0.1, 0.15) is 5.25 Å². The maximum atomic E-state index is 13.0. The highest BCUT2D eigenvalue weighted by Crippen LogP contribution is 2.42. The maximum Gasteiger partial charge on any atom is 0.192 e. The SMILES string of the molecule is C=C[C@@H]1[C@@H](O[Si](C)(C)C(C)(C)C)CC(=O)[C@H]1S(=O)(=O)c1ccccc1. The molecule has 1 aromatic rings. The second kappa shape index (κ2) is 6.82. The van der Waals surface area contributed by atoms with Crippen LogP contribution in [-0.4, -0.2) is 33.9 Å². The maximum absolute atomic E-state index is 13.0. The van der Waals surface area contributed by atoms with Crippen LogP contribution < -0.4 is 0 Å². The predicted octanol–water partition coefficient (Wildman–Crippen LogP) is 3.99. The Morgan fingerprint density at radius 1 is 1.20 bits per heavy atom. The van der Waals surface area contributed by atoms with Gasteiger partial charge in [0.15, 0.2) is 23.9 Å². The fourth-order valence-electron chi connectivity index (χ4n) is 2.95. The second-order valence-electron chi connectivity index (χ2n) is 8.18. The summed E-state index contributed by atoms with van der Waals surface area (Å²) in [5.74, 6) is -0.802. The third kappa shape index (κ3) is 3.81. The van der Waals surface area contributed by atoms with E-state index in [1.807, 2.05) is 0 Å². The summed E-state index contributed by atoms with van der Waals surface area (Å²) in [4.78, 5) is 12.8. The largest absolute Gasteiger partial charge is 0.413 e. The van der Waals surface area contributed by atoms with Gasteiger partial charge in [-0.15, -0.1) is 6.58 Å². The first-order chi connectivity index (χ1) is 11.4. The lowest BCUT2D eigenvalue weighted by Crippen LogP contribution is -2.45. The molecule has 2 rings (SSSR count). The van der Waals surface area contributed by atoms with Crippen LogP contribution in [0.25, 0.3) is 0 Å². The lowest BCUT2D eigenvalue weighted by molar-refractivity contribution is -0.117. The summed E-state index contributed by atoms with van der Waals surface area (Å²) in [5.41, 5.74) is 0. The number of carbonyl (C=O) groups is 1. The number of Topliss-reactive ketones (excluding diaryl/α,β-unsaturated/α-hetero) is 1. The molecule has 1 fully saturated rings. The van der Waals surface area contributed by atoms with E-state index in [-0.39, 0.29) is 22.1 Å². The molecule has 0 radical (unpaired) electrons. The first-order valence-electron chi connectivity index (χ1n) is 8.54. The van der Waals surface area contributed by atoms with Gasteiger partial charge in [-0.05, 0) is 30.3 Å². The number of hydrogen-bond donors (Lipinski definition) is 0. The summed E-state index contributed by atoms with van der Waals surface area (Å²) in [6.45, 7) is 14.4. The number of benzene rings is 1. The van der Waals surface area contributed by atoms with Gasteiger partial charge >= 0.3 is 0 Å². The number of carbonyl (C=O) groups excluding carboxylic acids is 1. The Morgan fingerprint density at radius 2 is 1.76 bits per heavy atom. The monoisotopic (exact) mass is 380 g/mol. The van der Waals surface area contributed by atoms with Gasteiger partial charge in [-0.25, -0.2) is 8.42 Å². The van der Waals surface area contributed by atoms with Gasteiger partial charge in [-0.3, -0.25) is 4.79 Å². The highest BCUT2D eigenvalue weighted by atomic mass is 32.2. The van der Waals surface area contributed by atoms with Crippen molar-refractivity contribution >= 4 is 23.9 Å². The summed E-state index contributed by atoms with van der Waals surface area (Å²) < 4.78 is 32.4. The Bertz CT molecular complexity index is 747. The van der Waals surface area contributed by atoms with E-state index in [9.17, 15) is 13.2 Å². The molecular formula is C19H28O4SSi. The van der Waals surface area contributed by atoms with Crippen molar-refractivity contribution in [1.82, 2.24) is 0 Å². The van der Waals surface area contributed by atoms with Crippen LogP contribution >= 0.6 is 0 Å². The van der Waals surface area contributed by atoms with Crippen LogP contribution in [0.3, 0.4) is 0 Å². The second-order valence-corrected chi connectivity index (χ2v) is 15.0. The highest BCUT2D eigenvalue weighted by Gasteiger charge is 2.51. The van der Waals surface area contributed by atoms with Crippen molar-refractivity contribution < 1.29 is 17.6 Å². The zero-order valence-electron chi connectivity index (χ0n) is 15.7. The van der Waals surface area contributed by atoms with Gasteiger partial charge in [0.25, 0.3) is 0 Å². The van der Waals surface area contributed by atoms with Crippen LogP contribution in [-0.2, 0) is 19.1 Å². The highest BCUT2D eigenvalue weighted by molar-refractivity contribution is 7.92. The number of ketones is 1. The lowest BCUT2D eigenvalue weighted by atomic mass is 10.1. The van der Waals surface area contributed by atoms with Gasteiger partial charge in [-0.2, -0.15) is 0 Å². The average Bonchev–Trinajstić information content (AvgIpc) is 2.82. The summed E-state index contributed by atoms with van der Waals surface area (Å²) in [6, 6.07) is 8.15. The van der Waals surface area contributed by atoms with Crippen LogP contribution in [0.1, 0.15) is 27.2 Å². The Balaban J connectivity index is 2.37. The molecule has 3 atom stereocenters. The third-order valence-electron chi connectivity index (χ3n) is 5.43. The molecular weight excluding hydrogens is 352 g/mol. The fraction of sp³-hybridized carbons (Fsp3) is 0.526. The minimum atomic E-state index is -3.76. The molecule has 1 aliphatic carbocycles. The van der Waals surface area contributed by atoms with Gasteiger partial charge in [0, 0.05) is 12.3 Å². The number of rotatable bonds is 5.